The molecule has 1 aromatic heterocycles. The van der Waals surface area contributed by atoms with Gasteiger partial charge in [0.05, 0.1) is 18.3 Å². The van der Waals surface area contributed by atoms with E-state index >= 15 is 0 Å². The number of aromatic nitrogens is 1. The lowest BCUT2D eigenvalue weighted by Gasteiger charge is -2.16. The first-order valence-electron chi connectivity index (χ1n) is 8.77. The number of hydrogen-bond donors (Lipinski definition) is 1. The van der Waals surface area contributed by atoms with Crippen LogP contribution in [0.15, 0.2) is 41.6 Å². The summed E-state index contributed by atoms with van der Waals surface area (Å²) in [6.07, 6.45) is 0.653. The molecular formula is C22H24N2O2. The number of para-hydroxylation sites is 1. The molecule has 0 spiro atoms. The molecule has 4 heteroatoms. The number of rotatable bonds is 4. The second kappa shape index (κ2) is 7.16. The number of fused-ring (bicyclic) bond motifs is 1. The van der Waals surface area contributed by atoms with Crippen LogP contribution in [-0.2, 0) is 0 Å². The van der Waals surface area contributed by atoms with Crippen molar-refractivity contribution in [1.82, 2.24) is 4.98 Å². The predicted molar refractivity (Wildman–Crippen MR) is 107 cm³/mol. The van der Waals surface area contributed by atoms with E-state index in [1.807, 2.05) is 44.2 Å². The molecule has 1 N–H and O–H groups in total. The number of pyridine rings is 1. The zero-order chi connectivity index (χ0) is 18.8. The van der Waals surface area contributed by atoms with E-state index in [1.54, 1.807) is 7.11 Å². The molecule has 0 fully saturated rings. The number of aryl methyl sites for hydroxylation is 3. The zero-order valence-electron chi connectivity index (χ0n) is 15.9. The maximum Gasteiger partial charge on any atom is 0.119 e. The molecule has 0 unspecified atom stereocenters. The highest BCUT2D eigenvalue weighted by Gasteiger charge is 2.16. The first-order chi connectivity index (χ1) is 12.5. The molecule has 134 valence electrons. The van der Waals surface area contributed by atoms with Gasteiger partial charge in [-0.2, -0.15) is 0 Å². The van der Waals surface area contributed by atoms with Crippen LogP contribution in [0.2, 0.25) is 0 Å². The van der Waals surface area contributed by atoms with Crippen LogP contribution in [0.4, 0.5) is 0 Å². The molecule has 1 heterocycles. The Hall–Kier alpha value is -2.88. The lowest BCUT2D eigenvalue weighted by Crippen LogP contribution is -2.03. The number of benzene rings is 2. The highest BCUT2D eigenvalue weighted by molar-refractivity contribution is 6.12. The Morgan fingerprint density at radius 3 is 2.38 bits per heavy atom. The number of hydrogen-bond acceptors (Lipinski definition) is 4. The molecule has 0 atom stereocenters. The molecule has 0 amide bonds. The summed E-state index contributed by atoms with van der Waals surface area (Å²) in [5.41, 5.74) is 7.96. The van der Waals surface area contributed by atoms with Crippen LogP contribution in [0.1, 0.15) is 35.7 Å². The number of ether oxygens (including phenoxy) is 1. The molecule has 4 nitrogen and oxygen atoms in total. The SMILES string of the molecule is CC/C(=N/O)c1cc(C)nc2c(-c3c(C)cc(OC)cc3C)cccc12. The van der Waals surface area contributed by atoms with Gasteiger partial charge in [-0.1, -0.05) is 30.3 Å². The van der Waals surface area contributed by atoms with E-state index in [1.165, 1.54) is 5.56 Å². The van der Waals surface area contributed by atoms with Gasteiger partial charge in [0.25, 0.3) is 0 Å². The summed E-state index contributed by atoms with van der Waals surface area (Å²) in [4.78, 5) is 4.82. The molecule has 0 saturated heterocycles. The normalized spacial score (nSPS) is 11.8. The van der Waals surface area contributed by atoms with Crippen molar-refractivity contribution in [2.45, 2.75) is 34.1 Å². The van der Waals surface area contributed by atoms with E-state index in [2.05, 4.69) is 25.1 Å². The van der Waals surface area contributed by atoms with Crippen molar-refractivity contribution in [2.75, 3.05) is 7.11 Å². The maximum atomic E-state index is 9.42. The number of oxime groups is 1. The van der Waals surface area contributed by atoms with Crippen LogP contribution in [-0.4, -0.2) is 23.0 Å². The molecule has 0 saturated carbocycles. The van der Waals surface area contributed by atoms with Gasteiger partial charge in [0.2, 0.25) is 0 Å². The quantitative estimate of drug-likeness (QED) is 0.389. The van der Waals surface area contributed by atoms with Crippen molar-refractivity contribution in [1.29, 1.82) is 0 Å². The monoisotopic (exact) mass is 348 g/mol. The van der Waals surface area contributed by atoms with Crippen LogP contribution in [0.5, 0.6) is 5.75 Å². The van der Waals surface area contributed by atoms with Gasteiger partial charge in [0.1, 0.15) is 5.75 Å². The topological polar surface area (TPSA) is 54.7 Å². The van der Waals surface area contributed by atoms with Crippen LogP contribution >= 0.6 is 0 Å². The molecule has 0 bridgehead atoms. The first kappa shape index (κ1) is 17.9. The van der Waals surface area contributed by atoms with Crippen molar-refractivity contribution in [3.8, 4) is 16.9 Å². The standard InChI is InChI=1S/C22H24N2O2/c1-6-20(24-25)19-12-15(4)23-22-17(19)8-7-9-18(22)21-13(2)10-16(26-5)11-14(21)3/h7-12,25H,6H2,1-5H3/b24-20-. The Bertz CT molecular complexity index is 983. The van der Waals surface area contributed by atoms with Crippen LogP contribution in [0.3, 0.4) is 0 Å². The zero-order valence-corrected chi connectivity index (χ0v) is 15.9. The van der Waals surface area contributed by atoms with Crippen LogP contribution < -0.4 is 4.74 Å². The molecular weight excluding hydrogens is 324 g/mol. The number of methoxy groups -OCH3 is 1. The molecule has 0 radical (unpaired) electrons. The summed E-state index contributed by atoms with van der Waals surface area (Å²) >= 11 is 0. The highest BCUT2D eigenvalue weighted by Crippen LogP contribution is 2.36. The van der Waals surface area contributed by atoms with Gasteiger partial charge in [-0.3, -0.25) is 4.98 Å². The van der Waals surface area contributed by atoms with Crippen molar-refractivity contribution >= 4 is 16.6 Å². The fraction of sp³-hybridized carbons (Fsp3) is 0.273. The lowest BCUT2D eigenvalue weighted by atomic mass is 9.91. The molecule has 0 aliphatic heterocycles. The Kier molecular flexibility index (Phi) is 4.94. The summed E-state index contributed by atoms with van der Waals surface area (Å²) in [6, 6.07) is 12.2. The summed E-state index contributed by atoms with van der Waals surface area (Å²) in [6.45, 7) is 8.14. The maximum absolute atomic E-state index is 9.42. The molecule has 26 heavy (non-hydrogen) atoms. The van der Waals surface area contributed by atoms with Crippen molar-refractivity contribution in [2.24, 2.45) is 5.16 Å². The third-order valence-corrected chi connectivity index (χ3v) is 4.75. The Morgan fingerprint density at radius 2 is 1.81 bits per heavy atom. The third-order valence-electron chi connectivity index (χ3n) is 4.75. The van der Waals surface area contributed by atoms with Crippen molar-refractivity contribution in [3.63, 3.8) is 0 Å². The largest absolute Gasteiger partial charge is 0.497 e. The number of nitrogens with zero attached hydrogens (tertiary/aromatic N) is 2. The fourth-order valence-corrected chi connectivity index (χ4v) is 3.60. The Labute approximate surface area is 154 Å². The summed E-state index contributed by atoms with van der Waals surface area (Å²) in [5.74, 6) is 0.856. The first-order valence-corrected chi connectivity index (χ1v) is 8.77. The average molecular weight is 348 g/mol. The molecule has 3 aromatic rings. The minimum atomic E-state index is 0.653. The minimum absolute atomic E-state index is 0.653. The lowest BCUT2D eigenvalue weighted by molar-refractivity contribution is 0.318. The Balaban J connectivity index is 2.37. The average Bonchev–Trinajstić information content (AvgIpc) is 2.62. The minimum Gasteiger partial charge on any atom is -0.497 e. The predicted octanol–water partition coefficient (Wildman–Crippen LogP) is 5.42. The van der Waals surface area contributed by atoms with Crippen molar-refractivity contribution in [3.05, 3.63) is 58.8 Å². The smallest absolute Gasteiger partial charge is 0.119 e. The summed E-state index contributed by atoms with van der Waals surface area (Å²) in [5, 5.41) is 13.9. The second-order valence-electron chi connectivity index (χ2n) is 6.55. The van der Waals surface area contributed by atoms with E-state index in [0.29, 0.717) is 12.1 Å². The van der Waals surface area contributed by atoms with Gasteiger partial charge >= 0.3 is 0 Å². The van der Waals surface area contributed by atoms with Crippen LogP contribution in [0, 0.1) is 20.8 Å². The van der Waals surface area contributed by atoms with Gasteiger partial charge < -0.3 is 9.94 Å². The third kappa shape index (κ3) is 3.03. The summed E-state index contributed by atoms with van der Waals surface area (Å²) in [7, 11) is 1.68. The van der Waals surface area contributed by atoms with E-state index in [4.69, 9.17) is 9.72 Å². The van der Waals surface area contributed by atoms with E-state index in [-0.39, 0.29) is 0 Å². The second-order valence-corrected chi connectivity index (χ2v) is 6.55. The van der Waals surface area contributed by atoms with Gasteiger partial charge in [-0.25, -0.2) is 0 Å². The van der Waals surface area contributed by atoms with Crippen LogP contribution in [0.25, 0.3) is 22.0 Å². The molecule has 0 aliphatic rings. The van der Waals surface area contributed by atoms with Gasteiger partial charge in [0.15, 0.2) is 0 Å². The fourth-order valence-electron chi connectivity index (χ4n) is 3.60. The Morgan fingerprint density at radius 1 is 1.12 bits per heavy atom. The summed E-state index contributed by atoms with van der Waals surface area (Å²) < 4.78 is 5.39. The molecule has 2 aromatic carbocycles. The van der Waals surface area contributed by atoms with E-state index in [9.17, 15) is 5.21 Å². The van der Waals surface area contributed by atoms with Crippen molar-refractivity contribution < 1.29 is 9.94 Å². The van der Waals surface area contributed by atoms with E-state index in [0.717, 1.165) is 44.6 Å². The van der Waals surface area contributed by atoms with Gasteiger partial charge in [0, 0.05) is 22.2 Å². The van der Waals surface area contributed by atoms with Gasteiger partial charge in [-0.05, 0) is 62.1 Å². The molecule has 3 rings (SSSR count). The molecule has 0 aliphatic carbocycles. The van der Waals surface area contributed by atoms with Gasteiger partial charge in [-0.15, -0.1) is 0 Å². The highest BCUT2D eigenvalue weighted by atomic mass is 16.5. The van der Waals surface area contributed by atoms with E-state index < -0.39 is 0 Å².